The van der Waals surface area contributed by atoms with E-state index in [1.165, 1.54) is 44.9 Å². The van der Waals surface area contributed by atoms with E-state index >= 15 is 0 Å². The monoisotopic (exact) mass is 141 g/mol. The molecule has 0 saturated carbocycles. The zero-order valence-corrected chi connectivity index (χ0v) is 7.36. The van der Waals surface area contributed by atoms with Crippen molar-refractivity contribution >= 4 is 0 Å². The summed E-state index contributed by atoms with van der Waals surface area (Å²) >= 11 is 0. The van der Waals surface area contributed by atoms with Crippen LogP contribution >= 0.6 is 0 Å². The van der Waals surface area contributed by atoms with Crippen LogP contribution in [0.3, 0.4) is 0 Å². The fraction of sp³-hybridized carbons (Fsp3) is 0.900. The normalized spacial score (nSPS) is 10.2. The highest BCUT2D eigenvalue weighted by Gasteiger charge is 1.87. The molecule has 0 spiro atoms. The van der Waals surface area contributed by atoms with Gasteiger partial charge in [0, 0.05) is 0 Å². The van der Waals surface area contributed by atoms with Gasteiger partial charge in [0.05, 0.1) is 0 Å². The second kappa shape index (κ2) is 9.00. The molecule has 0 aromatic heterocycles. The Bertz CT molecular complexity index is 40.0. The fourth-order valence-corrected chi connectivity index (χ4v) is 1.13. The van der Waals surface area contributed by atoms with Gasteiger partial charge in [-0.25, -0.2) is 0 Å². The molecule has 0 heteroatoms. The van der Waals surface area contributed by atoms with Crippen LogP contribution < -0.4 is 0 Å². The van der Waals surface area contributed by atoms with Crippen molar-refractivity contribution in [3.05, 3.63) is 6.92 Å². The summed E-state index contributed by atoms with van der Waals surface area (Å²) in [5.74, 6) is 0. The van der Waals surface area contributed by atoms with Gasteiger partial charge in [0.15, 0.2) is 0 Å². The third-order valence-corrected chi connectivity index (χ3v) is 1.85. The molecule has 61 valence electrons. The maximum absolute atomic E-state index is 3.82. The first-order chi connectivity index (χ1) is 4.91. The van der Waals surface area contributed by atoms with Gasteiger partial charge in [-0.05, 0) is 0 Å². The molecule has 1 radical (unpaired) electrons. The Morgan fingerprint density at radius 1 is 0.800 bits per heavy atom. The topological polar surface area (TPSA) is 0 Å². The van der Waals surface area contributed by atoms with Crippen LogP contribution in [0.15, 0.2) is 0 Å². The van der Waals surface area contributed by atoms with Gasteiger partial charge in [0.1, 0.15) is 0 Å². The highest BCUT2D eigenvalue weighted by Crippen LogP contribution is 2.07. The van der Waals surface area contributed by atoms with Crippen LogP contribution in [0.4, 0.5) is 0 Å². The summed E-state index contributed by atoms with van der Waals surface area (Å²) in [6.45, 7) is 6.08. The first-order valence-corrected chi connectivity index (χ1v) is 4.71. The van der Waals surface area contributed by atoms with Crippen molar-refractivity contribution in [2.24, 2.45) is 0 Å². The maximum atomic E-state index is 3.82. The lowest BCUT2D eigenvalue weighted by molar-refractivity contribution is 0.592. The molecular formula is C10H21. The average molecular weight is 141 g/mol. The van der Waals surface area contributed by atoms with Crippen molar-refractivity contribution in [1.82, 2.24) is 0 Å². The van der Waals surface area contributed by atoms with E-state index in [9.17, 15) is 0 Å². The number of unbranched alkanes of at least 4 members (excludes halogenated alkanes) is 7. The lowest BCUT2D eigenvalue weighted by Gasteiger charge is -1.97. The van der Waals surface area contributed by atoms with E-state index in [4.69, 9.17) is 0 Å². The molecule has 0 rings (SSSR count). The van der Waals surface area contributed by atoms with Crippen LogP contribution in [0, 0.1) is 6.92 Å². The molecule has 0 fully saturated rings. The van der Waals surface area contributed by atoms with E-state index in [-0.39, 0.29) is 0 Å². The molecule has 0 saturated heterocycles. The summed E-state index contributed by atoms with van der Waals surface area (Å²) in [5.41, 5.74) is 0. The minimum absolute atomic E-state index is 1.12. The largest absolute Gasteiger partial charge is 0.0654 e. The van der Waals surface area contributed by atoms with Crippen molar-refractivity contribution in [2.45, 2.75) is 58.3 Å². The zero-order valence-electron chi connectivity index (χ0n) is 7.36. The third-order valence-electron chi connectivity index (χ3n) is 1.85. The van der Waals surface area contributed by atoms with Gasteiger partial charge in [-0.2, -0.15) is 0 Å². The molecule has 0 aromatic rings. The molecular weight excluding hydrogens is 120 g/mol. The Kier molecular flexibility index (Phi) is 9.00. The number of rotatable bonds is 7. The highest BCUT2D eigenvalue weighted by atomic mass is 13.9. The second-order valence-electron chi connectivity index (χ2n) is 2.97. The highest BCUT2D eigenvalue weighted by molar-refractivity contribution is 4.45. The maximum Gasteiger partial charge on any atom is -0.0533 e. The number of hydrogen-bond donors (Lipinski definition) is 0. The standard InChI is InChI=1S/C10H21/c1-3-5-7-9-10-8-6-4-2/h1,3-10H2,2H3. The molecule has 0 aromatic carbocycles. The summed E-state index contributed by atoms with van der Waals surface area (Å²) in [5, 5.41) is 0. The van der Waals surface area contributed by atoms with E-state index in [1.54, 1.807) is 0 Å². The Labute approximate surface area is 66.0 Å². The fourth-order valence-electron chi connectivity index (χ4n) is 1.13. The van der Waals surface area contributed by atoms with Gasteiger partial charge in [-0.3, -0.25) is 0 Å². The van der Waals surface area contributed by atoms with Gasteiger partial charge in [-0.1, -0.05) is 65.2 Å². The van der Waals surface area contributed by atoms with E-state index in [2.05, 4.69) is 13.8 Å². The molecule has 0 aliphatic rings. The predicted octanol–water partition coefficient (Wildman–Crippen LogP) is 3.96. The summed E-state index contributed by atoms with van der Waals surface area (Å²) in [6.07, 6.45) is 10.9. The minimum atomic E-state index is 1.12. The van der Waals surface area contributed by atoms with Gasteiger partial charge in [-0.15, -0.1) is 0 Å². The third kappa shape index (κ3) is 8.00. The van der Waals surface area contributed by atoms with E-state index in [1.807, 2.05) is 0 Å². The van der Waals surface area contributed by atoms with E-state index < -0.39 is 0 Å². The molecule has 0 unspecified atom stereocenters. The van der Waals surface area contributed by atoms with Crippen LogP contribution in [0.1, 0.15) is 58.3 Å². The summed E-state index contributed by atoms with van der Waals surface area (Å²) in [7, 11) is 0. The SMILES string of the molecule is [CH2]CCCCCCCCC. The molecule has 0 nitrogen and oxygen atoms in total. The lowest BCUT2D eigenvalue weighted by Crippen LogP contribution is -1.77. The van der Waals surface area contributed by atoms with Gasteiger partial charge in [0.25, 0.3) is 0 Å². The smallest absolute Gasteiger partial charge is 0.0533 e. The van der Waals surface area contributed by atoms with E-state index in [0.717, 1.165) is 6.42 Å². The summed E-state index contributed by atoms with van der Waals surface area (Å²) in [4.78, 5) is 0. The molecule has 0 bridgehead atoms. The molecule has 0 amide bonds. The molecule has 10 heavy (non-hydrogen) atoms. The first kappa shape index (κ1) is 10.0. The predicted molar refractivity (Wildman–Crippen MR) is 48.0 cm³/mol. The Balaban J connectivity index is 2.65. The van der Waals surface area contributed by atoms with Gasteiger partial charge >= 0.3 is 0 Å². The molecule has 0 atom stereocenters. The van der Waals surface area contributed by atoms with Crippen molar-refractivity contribution in [3.8, 4) is 0 Å². The van der Waals surface area contributed by atoms with E-state index in [0.29, 0.717) is 0 Å². The zero-order chi connectivity index (χ0) is 7.66. The lowest BCUT2D eigenvalue weighted by atomic mass is 10.1. The van der Waals surface area contributed by atoms with Crippen molar-refractivity contribution in [1.29, 1.82) is 0 Å². The average Bonchev–Trinajstić information content (AvgIpc) is 1.97. The Morgan fingerprint density at radius 2 is 1.30 bits per heavy atom. The van der Waals surface area contributed by atoms with Crippen LogP contribution in [-0.4, -0.2) is 0 Å². The van der Waals surface area contributed by atoms with Crippen molar-refractivity contribution < 1.29 is 0 Å². The van der Waals surface area contributed by atoms with Crippen LogP contribution in [0.25, 0.3) is 0 Å². The van der Waals surface area contributed by atoms with Crippen LogP contribution in [-0.2, 0) is 0 Å². The molecule has 0 aliphatic heterocycles. The molecule has 0 N–H and O–H groups in total. The summed E-state index contributed by atoms with van der Waals surface area (Å²) < 4.78 is 0. The van der Waals surface area contributed by atoms with Gasteiger partial charge < -0.3 is 0 Å². The molecule has 0 heterocycles. The van der Waals surface area contributed by atoms with Crippen LogP contribution in [0.2, 0.25) is 0 Å². The number of hydrogen-bond acceptors (Lipinski definition) is 0. The van der Waals surface area contributed by atoms with Crippen molar-refractivity contribution in [2.75, 3.05) is 0 Å². The quantitative estimate of drug-likeness (QED) is 0.471. The Morgan fingerprint density at radius 3 is 1.80 bits per heavy atom. The van der Waals surface area contributed by atoms with Gasteiger partial charge in [0.2, 0.25) is 0 Å². The summed E-state index contributed by atoms with van der Waals surface area (Å²) in [6, 6.07) is 0. The second-order valence-corrected chi connectivity index (χ2v) is 2.97. The van der Waals surface area contributed by atoms with Crippen molar-refractivity contribution in [3.63, 3.8) is 0 Å². The molecule has 0 aliphatic carbocycles. The Hall–Kier alpha value is 0. The van der Waals surface area contributed by atoms with Crippen LogP contribution in [0.5, 0.6) is 0 Å². The minimum Gasteiger partial charge on any atom is -0.0654 e. The first-order valence-electron chi connectivity index (χ1n) is 4.71.